The number of hydrogen-bond acceptors (Lipinski definition) is 22. The smallest absolute Gasteiger partial charge is 0.391 e. The monoisotopic (exact) mass is 1020 g/mol. The molecule has 9 unspecified atom stereocenters. The third kappa shape index (κ3) is 25.2. The first-order valence-electron chi connectivity index (χ1n) is 21.9. The highest BCUT2D eigenvalue weighted by Gasteiger charge is 2.59. The quantitative estimate of drug-likeness (QED) is 0.0442. The fourth-order valence-electron chi connectivity index (χ4n) is 5.98. The molecule has 5 aliphatic rings. The van der Waals surface area contributed by atoms with Crippen LogP contribution in [0.25, 0.3) is 0 Å². The highest BCUT2D eigenvalue weighted by molar-refractivity contribution is 6.83. The van der Waals surface area contributed by atoms with Crippen molar-refractivity contribution < 1.29 is 101 Å². The fraction of sp³-hybridized carbons (Fsp3) is 1.00. The molecule has 380 valence electrons. The van der Waals surface area contributed by atoms with Crippen LogP contribution in [0.5, 0.6) is 0 Å². The van der Waals surface area contributed by atoms with Crippen LogP contribution < -0.4 is 0 Å². The van der Waals surface area contributed by atoms with Crippen LogP contribution in [0, 0.1) is 0 Å². The van der Waals surface area contributed by atoms with Gasteiger partial charge >= 0.3 is 44.0 Å². The molecule has 22 nitrogen and oxygen atoms in total. The minimum Gasteiger partial charge on any atom is -0.391 e. The summed E-state index contributed by atoms with van der Waals surface area (Å²) in [6.45, 7) is 8.20. The van der Waals surface area contributed by atoms with E-state index in [-0.39, 0.29) is 56.0 Å². The molecule has 0 aromatic rings. The van der Waals surface area contributed by atoms with Gasteiger partial charge in [-0.2, -0.15) is 0 Å². The number of hydrogen-bond donors (Lipinski definition) is 3. The zero-order chi connectivity index (χ0) is 45.5. The second-order valence-electron chi connectivity index (χ2n) is 15.7. The van der Waals surface area contributed by atoms with E-state index in [0.29, 0.717) is 124 Å². The lowest BCUT2D eigenvalue weighted by atomic mass is 10.5. The third-order valence-corrected chi connectivity index (χ3v) is 26.5. The molecule has 5 aliphatic heterocycles. The van der Waals surface area contributed by atoms with Crippen LogP contribution in [0.3, 0.4) is 0 Å². The molecule has 0 spiro atoms. The van der Waals surface area contributed by atoms with Crippen LogP contribution in [0.2, 0.25) is 30.2 Å². The molecule has 0 aliphatic carbocycles. The van der Waals surface area contributed by atoms with Crippen molar-refractivity contribution in [1.29, 1.82) is 0 Å². The van der Waals surface area contributed by atoms with Gasteiger partial charge in [-0.3, -0.25) is 0 Å². The van der Waals surface area contributed by atoms with Crippen LogP contribution in [0.4, 0.5) is 0 Å². The van der Waals surface area contributed by atoms with Gasteiger partial charge in [-0.15, -0.1) is 0 Å². The minimum atomic E-state index is -4.36. The molecule has 64 heavy (non-hydrogen) atoms. The van der Waals surface area contributed by atoms with Gasteiger partial charge in [-0.25, -0.2) is 0 Å². The van der Waals surface area contributed by atoms with Gasteiger partial charge in [-0.05, 0) is 32.1 Å². The van der Waals surface area contributed by atoms with Crippen LogP contribution in [0.1, 0.15) is 39.5 Å². The van der Waals surface area contributed by atoms with Crippen molar-refractivity contribution in [3.8, 4) is 0 Å². The summed E-state index contributed by atoms with van der Waals surface area (Å²) in [7, 11) is -9.65. The minimum absolute atomic E-state index is 0. The van der Waals surface area contributed by atoms with Gasteiger partial charge in [0.2, 0.25) is 0 Å². The largest absolute Gasteiger partial charge is 0.500 e. The summed E-state index contributed by atoms with van der Waals surface area (Å²) in [4.78, 5) is 35.2. The Hall–Kier alpha value is 0.204. The summed E-state index contributed by atoms with van der Waals surface area (Å²) in [5.41, 5.74) is 0. The molecule has 0 aromatic carbocycles. The summed E-state index contributed by atoms with van der Waals surface area (Å²) < 4.78 is 106. The first-order valence-corrected chi connectivity index (χ1v) is 31.7. The standard InChI is InChI=1S/C27H56O17Si4.C9H20O5Si.CH4/c1-31-45(28,12-4-8-34-16-24-20-38-24)42-47(30,14-6-10-36-18-26-22-40-26)44-48(33-3,15-7-11-37-19-27-23-41-27)43-46(29,32-2)13-5-9-35-17-25-21-39-25;1-10-15(11-2,12-3)6-4-5-13-7-9-8-14-9;/h24-30H,4-23H2,1-3H3;9H,4-8H2,1-3H3;1H4. The van der Waals surface area contributed by atoms with Gasteiger partial charge in [0.15, 0.2) is 0 Å². The Morgan fingerprint density at radius 1 is 0.359 bits per heavy atom. The Kier molecular flexibility index (Phi) is 28.1. The van der Waals surface area contributed by atoms with E-state index in [9.17, 15) is 14.4 Å². The predicted octanol–water partition coefficient (Wildman–Crippen LogP) is 1.24. The average Bonchev–Trinajstić information content (AvgIpc) is 4.06. The molecule has 0 bridgehead atoms. The lowest BCUT2D eigenvalue weighted by molar-refractivity contribution is 0.0696. The van der Waals surface area contributed by atoms with E-state index in [1.165, 1.54) is 21.3 Å². The Bertz CT molecular complexity index is 1200. The van der Waals surface area contributed by atoms with Crippen LogP contribution >= 0.6 is 0 Å². The van der Waals surface area contributed by atoms with Crippen molar-refractivity contribution in [2.24, 2.45) is 0 Å². The summed E-state index contributed by atoms with van der Waals surface area (Å²) >= 11 is 0. The van der Waals surface area contributed by atoms with Gasteiger partial charge in [0.25, 0.3) is 0 Å². The molecule has 5 saturated heterocycles. The maximum Gasteiger partial charge on any atom is 0.500 e. The van der Waals surface area contributed by atoms with E-state index >= 15 is 0 Å². The highest BCUT2D eigenvalue weighted by atomic mass is 28.5. The third-order valence-electron chi connectivity index (χ3n) is 10.2. The predicted molar refractivity (Wildman–Crippen MR) is 237 cm³/mol. The maximum atomic E-state index is 12.2. The number of epoxide rings is 5. The summed E-state index contributed by atoms with van der Waals surface area (Å²) in [5, 5.41) is 0. The second kappa shape index (κ2) is 30.7. The van der Waals surface area contributed by atoms with Gasteiger partial charge < -0.3 is 101 Å². The average molecular weight is 1020 g/mol. The van der Waals surface area contributed by atoms with E-state index in [1.54, 1.807) is 21.3 Å². The molecule has 0 amide bonds. The summed E-state index contributed by atoms with van der Waals surface area (Å²) in [6.07, 6.45) is 3.31. The molecular formula is C37H80O22Si5. The van der Waals surface area contributed by atoms with Crippen LogP contribution in [0.15, 0.2) is 0 Å². The first-order chi connectivity index (χ1) is 30.4. The zero-order valence-electron chi connectivity index (χ0n) is 38.2. The topological polar surface area (TPSA) is 253 Å². The van der Waals surface area contributed by atoms with Gasteiger partial charge in [0, 0.05) is 106 Å². The second-order valence-corrected chi connectivity index (χ2v) is 30.1. The molecule has 27 heteroatoms. The Balaban J connectivity index is 0.000000576. The SMILES string of the molecule is C.CO[Si](CCCOCC1CO1)(OC)OC.CO[Si](O)(CCCOCC1CO1)O[Si](O)(CCCOCC1CO1)O[Si](CCCOCC1CO1)(OC)O[Si](O)(CCCOCC1CO1)OC. The van der Waals surface area contributed by atoms with E-state index in [0.717, 1.165) is 19.1 Å². The van der Waals surface area contributed by atoms with Gasteiger partial charge in [0.05, 0.1) is 66.1 Å². The fourth-order valence-corrected chi connectivity index (χ4v) is 21.4. The molecule has 9 atom stereocenters. The summed E-state index contributed by atoms with van der Waals surface area (Å²) in [6, 6.07) is 1.23. The van der Waals surface area contributed by atoms with E-state index < -0.39 is 44.0 Å². The molecule has 3 N–H and O–H groups in total. The van der Waals surface area contributed by atoms with Crippen molar-refractivity contribution in [3.05, 3.63) is 0 Å². The van der Waals surface area contributed by atoms with Gasteiger partial charge in [0.1, 0.15) is 30.5 Å². The van der Waals surface area contributed by atoms with Crippen molar-refractivity contribution in [1.82, 2.24) is 0 Å². The zero-order valence-corrected chi connectivity index (χ0v) is 43.2. The van der Waals surface area contributed by atoms with Crippen molar-refractivity contribution in [2.75, 3.05) is 142 Å². The Morgan fingerprint density at radius 2 is 0.609 bits per heavy atom. The molecule has 5 rings (SSSR count). The first kappa shape index (κ1) is 58.5. The van der Waals surface area contributed by atoms with Gasteiger partial charge in [-0.1, -0.05) is 7.43 Å². The highest BCUT2D eigenvalue weighted by Crippen LogP contribution is 2.32. The Morgan fingerprint density at radius 3 is 0.891 bits per heavy atom. The molecule has 5 heterocycles. The molecule has 0 aromatic heterocycles. The van der Waals surface area contributed by atoms with E-state index in [2.05, 4.69) is 0 Å². The number of rotatable bonds is 42. The van der Waals surface area contributed by atoms with Crippen molar-refractivity contribution in [2.45, 2.75) is 100 Å². The molecule has 0 saturated carbocycles. The number of ether oxygens (including phenoxy) is 10. The molecule has 5 fully saturated rings. The van der Waals surface area contributed by atoms with Crippen LogP contribution in [-0.2, 0) is 86.3 Å². The lowest BCUT2D eigenvalue weighted by Gasteiger charge is -2.40. The van der Waals surface area contributed by atoms with E-state index in [4.69, 9.17) is 86.3 Å². The molecule has 0 radical (unpaired) electrons. The van der Waals surface area contributed by atoms with Crippen LogP contribution in [-0.4, -0.2) is 231 Å². The maximum absolute atomic E-state index is 12.2. The Labute approximate surface area is 385 Å². The molecular weight excluding hydrogens is 937 g/mol. The summed E-state index contributed by atoms with van der Waals surface area (Å²) in [5.74, 6) is 0. The normalized spacial score (nSPS) is 25.7. The lowest BCUT2D eigenvalue weighted by Crippen LogP contribution is -2.65. The van der Waals surface area contributed by atoms with Crippen molar-refractivity contribution in [3.63, 3.8) is 0 Å². The van der Waals surface area contributed by atoms with E-state index in [1.807, 2.05) is 0 Å². The van der Waals surface area contributed by atoms with Crippen molar-refractivity contribution >= 4 is 44.0 Å².